The third-order valence-electron chi connectivity index (χ3n) is 8.72. The molecule has 0 amide bonds. The summed E-state index contributed by atoms with van der Waals surface area (Å²) in [5.41, 5.74) is 1.41. The molecule has 7 nitrogen and oxygen atoms in total. The van der Waals surface area contributed by atoms with Crippen molar-refractivity contribution in [2.24, 2.45) is 0 Å². The monoisotopic (exact) mass is 578 g/mol. The minimum absolute atomic E-state index is 0.0192. The summed E-state index contributed by atoms with van der Waals surface area (Å²) >= 11 is 0. The van der Waals surface area contributed by atoms with Gasteiger partial charge in [0.25, 0.3) is 0 Å². The average molecular weight is 578 g/mol. The number of carbonyl (C=O) groups excluding carboxylic acids is 1. The van der Waals surface area contributed by atoms with Crippen LogP contribution < -0.4 is 19.7 Å². The zero-order valence-electron chi connectivity index (χ0n) is 24.3. The van der Waals surface area contributed by atoms with Gasteiger partial charge in [-0.1, -0.05) is 12.1 Å². The van der Waals surface area contributed by atoms with Gasteiger partial charge in [-0.25, -0.2) is 8.78 Å². The second kappa shape index (κ2) is 10.6. The summed E-state index contributed by atoms with van der Waals surface area (Å²) in [4.78, 5) is 11.7. The van der Waals surface area contributed by atoms with Gasteiger partial charge in [-0.3, -0.25) is 4.79 Å². The molecule has 2 heterocycles. The molecule has 3 aromatic carbocycles. The number of hydrogen-bond acceptors (Lipinski definition) is 7. The molecule has 0 N–H and O–H groups in total. The Hall–Kier alpha value is -3.63. The minimum atomic E-state index is -0.699. The molecule has 10 heteroatoms. The Bertz CT molecular complexity index is 1520. The summed E-state index contributed by atoms with van der Waals surface area (Å²) in [6.07, 6.45) is 0.710. The van der Waals surface area contributed by atoms with Crippen LogP contribution in [0.3, 0.4) is 0 Å². The first-order chi connectivity index (χ1) is 20.0. The van der Waals surface area contributed by atoms with Crippen molar-refractivity contribution in [1.29, 1.82) is 0 Å². The number of halogens is 2. The van der Waals surface area contributed by atoms with Gasteiger partial charge < -0.3 is 28.3 Å². The number of esters is 1. The summed E-state index contributed by atoms with van der Waals surface area (Å²) in [5, 5.41) is 0. The van der Waals surface area contributed by atoms with Crippen LogP contribution in [0.2, 0.25) is 0 Å². The Balaban J connectivity index is 1.18. The van der Waals surface area contributed by atoms with Crippen LogP contribution in [0, 0.1) is 11.6 Å². The maximum absolute atomic E-state index is 15.2. The zero-order valence-corrected chi connectivity index (χ0v) is 24.3. The van der Waals surface area contributed by atoms with Crippen molar-refractivity contribution in [2.45, 2.75) is 70.2 Å². The molecule has 220 valence electrons. The van der Waals surface area contributed by atoms with E-state index in [2.05, 4.69) is 0 Å². The predicted molar refractivity (Wildman–Crippen MR) is 152 cm³/mol. The number of benzene rings is 3. The van der Waals surface area contributed by atoms with Crippen molar-refractivity contribution in [2.75, 3.05) is 13.7 Å². The molecule has 3 aliphatic rings. The fourth-order valence-corrected chi connectivity index (χ4v) is 5.65. The largest absolute Gasteiger partial charge is 0.494 e. The highest BCUT2D eigenvalue weighted by Gasteiger charge is 2.51. The fourth-order valence-electron chi connectivity index (χ4n) is 5.65. The first kappa shape index (κ1) is 28.5. The van der Waals surface area contributed by atoms with Crippen LogP contribution >= 0.6 is 0 Å². The van der Waals surface area contributed by atoms with Crippen molar-refractivity contribution in [3.8, 4) is 23.0 Å². The lowest BCUT2D eigenvalue weighted by molar-refractivity contribution is -0.141. The van der Waals surface area contributed by atoms with Gasteiger partial charge in [0.05, 0.1) is 31.3 Å². The highest BCUT2D eigenvalue weighted by atomic mass is 19.1. The van der Waals surface area contributed by atoms with E-state index >= 15 is 8.78 Å². The summed E-state index contributed by atoms with van der Waals surface area (Å²) < 4.78 is 65.2. The molecule has 0 aromatic heterocycles. The molecular formula is C32H33BF2O7. The molecule has 0 saturated carbocycles. The van der Waals surface area contributed by atoms with E-state index in [-0.39, 0.29) is 24.1 Å². The van der Waals surface area contributed by atoms with Crippen LogP contribution in [0.25, 0.3) is 0 Å². The van der Waals surface area contributed by atoms with E-state index in [1.54, 1.807) is 18.2 Å². The molecule has 1 saturated heterocycles. The lowest BCUT2D eigenvalue weighted by Crippen LogP contribution is -2.41. The standard InChI is InChI=1S/C32H33BF2O7/c1-31(2)32(3,4)42-33(41-31)19-6-11-26(24(35)15-19)40-25-13-10-23(34)30-22(25)9-12-27(30)39-20-7-8-21-18(14-29(36)37-5)17-38-28(21)16-20/h6-8,10-11,13,15-16,18,27H,9,12,14,17H2,1-5H3/t18-,27-/m1/s1. The highest BCUT2D eigenvalue weighted by molar-refractivity contribution is 6.62. The summed E-state index contributed by atoms with van der Waals surface area (Å²) in [5.74, 6) is 0.193. The van der Waals surface area contributed by atoms with E-state index in [9.17, 15) is 4.79 Å². The number of carbonyl (C=O) groups is 1. The number of rotatable bonds is 7. The lowest BCUT2D eigenvalue weighted by atomic mass is 9.79. The quantitative estimate of drug-likeness (QED) is 0.246. The van der Waals surface area contributed by atoms with Gasteiger partial charge in [0.1, 0.15) is 29.2 Å². The lowest BCUT2D eigenvalue weighted by Gasteiger charge is -2.32. The fraction of sp³-hybridized carbons (Fsp3) is 0.406. The van der Waals surface area contributed by atoms with E-state index in [1.807, 2.05) is 33.8 Å². The second-order valence-corrected chi connectivity index (χ2v) is 12.0. The molecule has 1 aliphatic carbocycles. The molecule has 0 radical (unpaired) electrons. The van der Waals surface area contributed by atoms with Crippen molar-refractivity contribution in [3.05, 3.63) is 76.9 Å². The molecule has 2 atom stereocenters. The Morgan fingerprint density at radius 2 is 1.71 bits per heavy atom. The maximum Gasteiger partial charge on any atom is 0.494 e. The Labute approximate surface area is 244 Å². The van der Waals surface area contributed by atoms with Gasteiger partial charge >= 0.3 is 13.1 Å². The van der Waals surface area contributed by atoms with Crippen LogP contribution in [-0.4, -0.2) is 38.0 Å². The van der Waals surface area contributed by atoms with E-state index in [0.29, 0.717) is 53.3 Å². The summed E-state index contributed by atoms with van der Waals surface area (Å²) in [7, 11) is 0.662. The van der Waals surface area contributed by atoms with E-state index in [4.69, 9.17) is 28.3 Å². The smallest absolute Gasteiger partial charge is 0.492 e. The third kappa shape index (κ3) is 5.11. The molecule has 6 rings (SSSR count). The normalized spacial score (nSPS) is 21.5. The van der Waals surface area contributed by atoms with Crippen LogP contribution in [0.1, 0.15) is 69.2 Å². The Morgan fingerprint density at radius 3 is 2.43 bits per heavy atom. The molecule has 0 bridgehead atoms. The number of hydrogen-bond donors (Lipinski definition) is 0. The van der Waals surface area contributed by atoms with Gasteiger partial charge in [-0.15, -0.1) is 0 Å². The van der Waals surface area contributed by atoms with E-state index < -0.39 is 36.1 Å². The van der Waals surface area contributed by atoms with Crippen molar-refractivity contribution < 1.29 is 41.8 Å². The van der Waals surface area contributed by atoms with Crippen LogP contribution in [0.4, 0.5) is 8.78 Å². The zero-order chi connectivity index (χ0) is 29.8. The van der Waals surface area contributed by atoms with Gasteiger partial charge in [0.15, 0.2) is 11.6 Å². The number of ether oxygens (including phenoxy) is 4. The average Bonchev–Trinajstić information content (AvgIpc) is 3.60. The van der Waals surface area contributed by atoms with E-state index in [1.165, 1.54) is 31.4 Å². The molecule has 42 heavy (non-hydrogen) atoms. The third-order valence-corrected chi connectivity index (χ3v) is 8.72. The van der Waals surface area contributed by atoms with Crippen LogP contribution in [0.5, 0.6) is 23.0 Å². The number of fused-ring (bicyclic) bond motifs is 2. The molecule has 3 aromatic rings. The topological polar surface area (TPSA) is 72.5 Å². The van der Waals surface area contributed by atoms with Gasteiger partial charge in [0.2, 0.25) is 0 Å². The van der Waals surface area contributed by atoms with Crippen LogP contribution in [-0.2, 0) is 25.3 Å². The number of methoxy groups -OCH3 is 1. The summed E-state index contributed by atoms with van der Waals surface area (Å²) in [6, 6.07) is 12.9. The second-order valence-electron chi connectivity index (χ2n) is 12.0. The summed E-state index contributed by atoms with van der Waals surface area (Å²) in [6.45, 7) is 8.13. The maximum atomic E-state index is 15.2. The SMILES string of the molecule is COC(=O)C[C@@H]1COc2cc(O[C@@H]3CCc4c(Oc5ccc(B6OC(C)(C)C(C)(C)O6)cc5F)ccc(F)c43)ccc21. The van der Waals surface area contributed by atoms with Crippen LogP contribution in [0.15, 0.2) is 48.5 Å². The Morgan fingerprint density at radius 1 is 0.976 bits per heavy atom. The van der Waals surface area contributed by atoms with Crippen molar-refractivity contribution >= 4 is 18.6 Å². The van der Waals surface area contributed by atoms with Gasteiger partial charge in [-0.05, 0) is 76.3 Å². The van der Waals surface area contributed by atoms with Gasteiger partial charge in [-0.2, -0.15) is 0 Å². The molecule has 0 unspecified atom stereocenters. The van der Waals surface area contributed by atoms with Crippen molar-refractivity contribution in [3.63, 3.8) is 0 Å². The Kier molecular flexibility index (Phi) is 7.18. The van der Waals surface area contributed by atoms with E-state index in [0.717, 1.165) is 5.56 Å². The molecule has 2 aliphatic heterocycles. The molecule has 1 fully saturated rings. The highest BCUT2D eigenvalue weighted by Crippen LogP contribution is 2.45. The molecular weight excluding hydrogens is 545 g/mol. The molecule has 0 spiro atoms. The first-order valence-corrected chi connectivity index (χ1v) is 14.1. The minimum Gasteiger partial charge on any atom is -0.492 e. The first-order valence-electron chi connectivity index (χ1n) is 14.1. The predicted octanol–water partition coefficient (Wildman–Crippen LogP) is 6.16. The van der Waals surface area contributed by atoms with Gasteiger partial charge in [0, 0.05) is 28.7 Å². The van der Waals surface area contributed by atoms with Crippen molar-refractivity contribution in [1.82, 2.24) is 0 Å².